The highest BCUT2D eigenvalue weighted by molar-refractivity contribution is 7.86. The lowest BCUT2D eigenvalue weighted by Crippen LogP contribution is -2.06. The van der Waals surface area contributed by atoms with Gasteiger partial charge in [0.1, 0.15) is 4.90 Å². The third-order valence-corrected chi connectivity index (χ3v) is 4.72. The second-order valence-corrected chi connectivity index (χ2v) is 6.49. The molecule has 0 radical (unpaired) electrons. The van der Waals surface area contributed by atoms with Crippen molar-refractivity contribution in [2.45, 2.75) is 32.6 Å². The summed E-state index contributed by atoms with van der Waals surface area (Å²) in [5, 5.41) is 0. The molecule has 0 spiro atoms. The maximum atomic E-state index is 11.6. The Bertz CT molecular complexity index is 775. The van der Waals surface area contributed by atoms with Gasteiger partial charge in [-0.2, -0.15) is 8.42 Å². The summed E-state index contributed by atoms with van der Waals surface area (Å²) in [5.74, 6) is 0. The van der Waals surface area contributed by atoms with Crippen molar-refractivity contribution in [3.63, 3.8) is 0 Å². The summed E-state index contributed by atoms with van der Waals surface area (Å²) >= 11 is 0. The van der Waals surface area contributed by atoms with Crippen molar-refractivity contribution < 1.29 is 13.0 Å². The molecule has 1 N–H and O–H groups in total. The van der Waals surface area contributed by atoms with E-state index in [2.05, 4.69) is 0 Å². The molecule has 0 unspecified atom stereocenters. The molecular weight excluding hydrogens is 272 g/mol. The Kier molecular flexibility index (Phi) is 3.71. The highest BCUT2D eigenvalue weighted by atomic mass is 32.2. The van der Waals surface area contributed by atoms with Crippen LogP contribution in [0.4, 0.5) is 0 Å². The highest BCUT2D eigenvalue weighted by Gasteiger charge is 2.21. The molecule has 0 aliphatic carbocycles. The average molecular weight is 290 g/mol. The van der Waals surface area contributed by atoms with Crippen LogP contribution in [-0.4, -0.2) is 13.0 Å². The number of hydrogen-bond acceptors (Lipinski definition) is 2. The smallest absolute Gasteiger partial charge is 0.282 e. The van der Waals surface area contributed by atoms with E-state index in [9.17, 15) is 13.0 Å². The molecule has 106 valence electrons. The van der Waals surface area contributed by atoms with Crippen LogP contribution in [0.25, 0.3) is 11.1 Å². The summed E-state index contributed by atoms with van der Waals surface area (Å²) in [7, 11) is -4.22. The summed E-state index contributed by atoms with van der Waals surface area (Å²) in [6.07, 6.45) is 0. The molecule has 3 nitrogen and oxygen atoms in total. The quantitative estimate of drug-likeness (QED) is 0.855. The fourth-order valence-electron chi connectivity index (χ4n) is 2.83. The van der Waals surface area contributed by atoms with Gasteiger partial charge in [0, 0.05) is 0 Å². The van der Waals surface area contributed by atoms with Crippen molar-refractivity contribution >= 4 is 10.1 Å². The lowest BCUT2D eigenvalue weighted by atomic mass is 9.91. The minimum Gasteiger partial charge on any atom is -0.282 e. The topological polar surface area (TPSA) is 54.4 Å². The molecule has 0 heterocycles. The number of aryl methyl sites for hydroxylation is 3. The van der Waals surface area contributed by atoms with Crippen molar-refractivity contribution in [1.82, 2.24) is 0 Å². The molecule has 0 aromatic heterocycles. The Morgan fingerprint density at radius 3 is 2.05 bits per heavy atom. The minimum atomic E-state index is -4.22. The van der Waals surface area contributed by atoms with Crippen molar-refractivity contribution in [2.24, 2.45) is 0 Å². The molecule has 0 fully saturated rings. The second kappa shape index (κ2) is 5.04. The molecule has 0 bridgehead atoms. The van der Waals surface area contributed by atoms with Gasteiger partial charge in [0.05, 0.1) is 0 Å². The van der Waals surface area contributed by atoms with Crippen molar-refractivity contribution in [3.8, 4) is 11.1 Å². The predicted molar refractivity (Wildman–Crippen MR) is 80.6 cm³/mol. The summed E-state index contributed by atoms with van der Waals surface area (Å²) in [6, 6.07) is 9.63. The van der Waals surface area contributed by atoms with Crippen LogP contribution in [0.3, 0.4) is 0 Å². The molecule has 4 heteroatoms. The van der Waals surface area contributed by atoms with Gasteiger partial charge in [-0.05, 0) is 61.1 Å². The number of benzene rings is 2. The standard InChI is InChI=1S/C16H18O3S/c1-10-7-5-6-8-14(10)15-11(2)9-12(3)16(13(15)4)20(17,18)19/h5-9H,1-4H3,(H,17,18,19). The maximum absolute atomic E-state index is 11.6. The fraction of sp³-hybridized carbons (Fsp3) is 0.250. The molecule has 0 atom stereocenters. The van der Waals surface area contributed by atoms with E-state index in [0.717, 1.165) is 22.3 Å². The van der Waals surface area contributed by atoms with Crippen LogP contribution < -0.4 is 0 Å². The van der Waals surface area contributed by atoms with E-state index < -0.39 is 10.1 Å². The van der Waals surface area contributed by atoms with Gasteiger partial charge < -0.3 is 0 Å². The van der Waals surface area contributed by atoms with E-state index >= 15 is 0 Å². The predicted octanol–water partition coefficient (Wildman–Crippen LogP) is 3.83. The Hall–Kier alpha value is -1.65. The van der Waals surface area contributed by atoms with Gasteiger partial charge >= 0.3 is 0 Å². The molecule has 2 aromatic carbocycles. The molecule has 0 aliphatic heterocycles. The van der Waals surface area contributed by atoms with Gasteiger partial charge in [-0.1, -0.05) is 30.3 Å². The van der Waals surface area contributed by atoms with Crippen LogP contribution in [0.15, 0.2) is 35.2 Å². The van der Waals surface area contributed by atoms with Crippen molar-refractivity contribution in [3.05, 3.63) is 52.6 Å². The van der Waals surface area contributed by atoms with Gasteiger partial charge in [-0.15, -0.1) is 0 Å². The lowest BCUT2D eigenvalue weighted by molar-refractivity contribution is 0.482. The summed E-state index contributed by atoms with van der Waals surface area (Å²) in [6.45, 7) is 7.38. The summed E-state index contributed by atoms with van der Waals surface area (Å²) in [4.78, 5) is 0.0151. The average Bonchev–Trinajstić information content (AvgIpc) is 2.28. The van der Waals surface area contributed by atoms with E-state index in [1.807, 2.05) is 38.1 Å². The third-order valence-electron chi connectivity index (χ3n) is 3.57. The lowest BCUT2D eigenvalue weighted by Gasteiger charge is -2.17. The Balaban J connectivity index is 2.89. The van der Waals surface area contributed by atoms with Gasteiger partial charge in [0.25, 0.3) is 10.1 Å². The first-order valence-corrected chi connectivity index (χ1v) is 7.81. The second-order valence-electron chi connectivity index (χ2n) is 5.13. The Morgan fingerprint density at radius 1 is 0.900 bits per heavy atom. The van der Waals surface area contributed by atoms with Crippen molar-refractivity contribution in [2.75, 3.05) is 0 Å². The number of rotatable bonds is 2. The largest absolute Gasteiger partial charge is 0.295 e. The van der Waals surface area contributed by atoms with E-state index in [4.69, 9.17) is 0 Å². The summed E-state index contributed by atoms with van der Waals surface area (Å²) < 4.78 is 32.7. The van der Waals surface area contributed by atoms with E-state index in [1.54, 1.807) is 19.9 Å². The van der Waals surface area contributed by atoms with E-state index in [1.165, 1.54) is 0 Å². The fourth-order valence-corrected chi connectivity index (χ4v) is 3.79. The normalized spacial score (nSPS) is 11.7. The molecule has 0 amide bonds. The molecule has 2 aromatic rings. The maximum Gasteiger partial charge on any atom is 0.295 e. The zero-order valence-corrected chi connectivity index (χ0v) is 12.9. The summed E-state index contributed by atoms with van der Waals surface area (Å²) in [5.41, 5.74) is 5.11. The molecule has 2 rings (SSSR count). The monoisotopic (exact) mass is 290 g/mol. The number of hydrogen-bond donors (Lipinski definition) is 1. The molecule has 0 saturated heterocycles. The van der Waals surface area contributed by atoms with Crippen LogP contribution in [0.2, 0.25) is 0 Å². The van der Waals surface area contributed by atoms with Crippen LogP contribution >= 0.6 is 0 Å². The highest BCUT2D eigenvalue weighted by Crippen LogP contribution is 2.35. The molecule has 0 saturated carbocycles. The Morgan fingerprint density at radius 2 is 1.50 bits per heavy atom. The zero-order valence-electron chi connectivity index (χ0n) is 12.1. The van der Waals surface area contributed by atoms with Crippen molar-refractivity contribution in [1.29, 1.82) is 0 Å². The van der Waals surface area contributed by atoms with Crippen LogP contribution in [-0.2, 0) is 10.1 Å². The van der Waals surface area contributed by atoms with Crippen LogP contribution in [0.1, 0.15) is 22.3 Å². The van der Waals surface area contributed by atoms with Gasteiger partial charge in [0.15, 0.2) is 0 Å². The van der Waals surface area contributed by atoms with Gasteiger partial charge in [-0.3, -0.25) is 4.55 Å². The SMILES string of the molecule is Cc1ccccc1-c1c(C)cc(C)c(S(=O)(=O)O)c1C. The molecule has 0 aliphatic rings. The van der Waals surface area contributed by atoms with Gasteiger partial charge in [0.2, 0.25) is 0 Å². The third kappa shape index (κ3) is 2.49. The zero-order chi connectivity index (χ0) is 15.1. The van der Waals surface area contributed by atoms with Gasteiger partial charge in [-0.25, -0.2) is 0 Å². The first-order valence-electron chi connectivity index (χ1n) is 6.37. The Labute approximate surface area is 120 Å². The van der Waals surface area contributed by atoms with Crippen LogP contribution in [0, 0.1) is 27.7 Å². The van der Waals surface area contributed by atoms with Crippen LogP contribution in [0.5, 0.6) is 0 Å². The van der Waals surface area contributed by atoms with E-state index in [-0.39, 0.29) is 4.90 Å². The molecule has 20 heavy (non-hydrogen) atoms. The first-order chi connectivity index (χ1) is 9.23. The minimum absolute atomic E-state index is 0.0151. The molecular formula is C16H18O3S. The first kappa shape index (κ1) is 14.8. The van der Waals surface area contributed by atoms with E-state index in [0.29, 0.717) is 11.1 Å².